The lowest BCUT2D eigenvalue weighted by Crippen LogP contribution is -2.20. The Hall–Kier alpha value is -0.340. The summed E-state index contributed by atoms with van der Waals surface area (Å²) in [5.74, 6) is 0.772. The van der Waals surface area contributed by atoms with Crippen LogP contribution in [-0.2, 0) is 6.42 Å². The minimum Gasteiger partial charge on any atom is -0.319 e. The van der Waals surface area contributed by atoms with Gasteiger partial charge in [-0.05, 0) is 57.2 Å². The number of hydrogen-bond acceptors (Lipinski definition) is 2. The van der Waals surface area contributed by atoms with Gasteiger partial charge in [0.2, 0.25) is 0 Å². The summed E-state index contributed by atoms with van der Waals surface area (Å²) in [6.07, 6.45) is 4.05. The van der Waals surface area contributed by atoms with Crippen LogP contribution < -0.4 is 5.32 Å². The molecule has 0 amide bonds. The van der Waals surface area contributed by atoms with Crippen LogP contribution in [0.1, 0.15) is 39.6 Å². The molecule has 1 unspecified atom stereocenters. The molecule has 1 N–H and O–H groups in total. The molecule has 0 aliphatic heterocycles. The van der Waals surface area contributed by atoms with Crippen molar-refractivity contribution in [1.29, 1.82) is 0 Å². The van der Waals surface area contributed by atoms with Crippen molar-refractivity contribution in [2.75, 3.05) is 13.6 Å². The quantitative estimate of drug-likeness (QED) is 0.789. The Morgan fingerprint density at radius 2 is 2.21 bits per heavy atom. The van der Waals surface area contributed by atoms with E-state index >= 15 is 0 Å². The monoisotopic (exact) mass is 209 g/mol. The van der Waals surface area contributed by atoms with Gasteiger partial charge >= 0.3 is 0 Å². The molecule has 2 heteroatoms. The maximum atomic E-state index is 3.32. The molecule has 0 radical (unpaired) electrons. The van der Waals surface area contributed by atoms with Crippen LogP contribution in [0.2, 0.25) is 0 Å². The lowest BCUT2D eigenvalue weighted by atomic mass is 9.85. The summed E-state index contributed by atoms with van der Waals surface area (Å²) in [5.41, 5.74) is 3.23. The van der Waals surface area contributed by atoms with Gasteiger partial charge < -0.3 is 5.32 Å². The van der Waals surface area contributed by atoms with Crippen LogP contribution in [0.4, 0.5) is 0 Å². The van der Waals surface area contributed by atoms with Crippen molar-refractivity contribution < 1.29 is 0 Å². The molecule has 14 heavy (non-hydrogen) atoms. The van der Waals surface area contributed by atoms with Crippen molar-refractivity contribution in [1.82, 2.24) is 5.32 Å². The molecule has 2 rings (SSSR count). The van der Waals surface area contributed by atoms with Crippen LogP contribution in [0, 0.1) is 13.8 Å². The van der Waals surface area contributed by atoms with Crippen molar-refractivity contribution in [2.24, 2.45) is 0 Å². The summed E-state index contributed by atoms with van der Waals surface area (Å²) >= 11 is 2.02. The maximum absolute atomic E-state index is 3.32. The van der Waals surface area contributed by atoms with Crippen molar-refractivity contribution in [3.8, 4) is 0 Å². The van der Waals surface area contributed by atoms with Gasteiger partial charge in [-0.1, -0.05) is 0 Å². The zero-order chi connectivity index (χ0) is 10.1. The second-order valence-electron chi connectivity index (χ2n) is 4.27. The Labute approximate surface area is 90.5 Å². The molecule has 1 nitrogen and oxygen atoms in total. The number of rotatable bonds is 2. The predicted octanol–water partition coefficient (Wildman–Crippen LogP) is 3.00. The number of likely N-dealkylation sites (N-methyl/N-ethyl adjacent to an activating group) is 1. The van der Waals surface area contributed by atoms with Crippen LogP contribution in [0.15, 0.2) is 0 Å². The van der Waals surface area contributed by atoms with Crippen LogP contribution in [-0.4, -0.2) is 13.6 Å². The summed E-state index contributed by atoms with van der Waals surface area (Å²) in [4.78, 5) is 3.18. The minimum absolute atomic E-state index is 0.772. The van der Waals surface area contributed by atoms with Gasteiger partial charge in [-0.3, -0.25) is 0 Å². The molecule has 0 bridgehead atoms. The lowest BCUT2D eigenvalue weighted by Gasteiger charge is -2.23. The molecule has 0 saturated heterocycles. The zero-order valence-corrected chi connectivity index (χ0v) is 10.1. The highest BCUT2D eigenvalue weighted by Gasteiger charge is 2.24. The first-order valence-electron chi connectivity index (χ1n) is 5.47. The first kappa shape index (κ1) is 10.2. The molecule has 1 heterocycles. The predicted molar refractivity (Wildman–Crippen MR) is 63.4 cm³/mol. The Balaban J connectivity index is 2.36. The van der Waals surface area contributed by atoms with Crippen LogP contribution in [0.5, 0.6) is 0 Å². The molecule has 1 atom stereocenters. The summed E-state index contributed by atoms with van der Waals surface area (Å²) in [7, 11) is 2.06. The highest BCUT2D eigenvalue weighted by atomic mass is 32.1. The summed E-state index contributed by atoms with van der Waals surface area (Å²) < 4.78 is 0. The summed E-state index contributed by atoms with van der Waals surface area (Å²) in [6.45, 7) is 5.69. The van der Waals surface area contributed by atoms with Crippen LogP contribution in [0.25, 0.3) is 0 Å². The molecule has 0 spiro atoms. The number of fused-ring (bicyclic) bond motifs is 1. The topological polar surface area (TPSA) is 12.0 Å². The van der Waals surface area contributed by atoms with Gasteiger partial charge in [0.15, 0.2) is 0 Å². The highest BCUT2D eigenvalue weighted by molar-refractivity contribution is 7.12. The largest absolute Gasteiger partial charge is 0.319 e. The third-order valence-corrected chi connectivity index (χ3v) is 4.61. The molecule has 0 fully saturated rings. The maximum Gasteiger partial charge on any atom is 0.00861 e. The molecular formula is C12H19NS. The first-order chi connectivity index (χ1) is 6.74. The van der Waals surface area contributed by atoms with E-state index in [1.807, 2.05) is 11.3 Å². The second-order valence-corrected chi connectivity index (χ2v) is 5.58. The third-order valence-electron chi connectivity index (χ3n) is 3.32. The van der Waals surface area contributed by atoms with Gasteiger partial charge in [-0.15, -0.1) is 11.3 Å². The molecule has 1 aliphatic rings. The third kappa shape index (κ3) is 1.61. The summed E-state index contributed by atoms with van der Waals surface area (Å²) in [6, 6.07) is 0. The lowest BCUT2D eigenvalue weighted by molar-refractivity contribution is 0.532. The normalized spacial score (nSPS) is 20.9. The Kier molecular flexibility index (Phi) is 2.93. The van der Waals surface area contributed by atoms with Gasteiger partial charge in [0, 0.05) is 16.3 Å². The SMILES string of the molecule is CNCC1CCCc2sc(C)c(C)c21. The van der Waals surface area contributed by atoms with E-state index < -0.39 is 0 Å². The summed E-state index contributed by atoms with van der Waals surface area (Å²) in [5, 5.41) is 3.32. The van der Waals surface area contributed by atoms with Gasteiger partial charge in [-0.2, -0.15) is 0 Å². The van der Waals surface area contributed by atoms with Gasteiger partial charge in [0.05, 0.1) is 0 Å². The molecule has 1 aliphatic carbocycles. The molecule has 1 aromatic rings. The van der Waals surface area contributed by atoms with Gasteiger partial charge in [0.1, 0.15) is 0 Å². The first-order valence-corrected chi connectivity index (χ1v) is 6.29. The average Bonchev–Trinajstić information content (AvgIpc) is 2.45. The van der Waals surface area contributed by atoms with Crippen molar-refractivity contribution >= 4 is 11.3 Å². The van der Waals surface area contributed by atoms with E-state index in [1.54, 1.807) is 16.0 Å². The van der Waals surface area contributed by atoms with Crippen LogP contribution >= 0.6 is 11.3 Å². The average molecular weight is 209 g/mol. The molecular weight excluding hydrogens is 190 g/mol. The van der Waals surface area contributed by atoms with Gasteiger partial charge in [0.25, 0.3) is 0 Å². The number of nitrogens with one attached hydrogen (secondary N) is 1. The number of hydrogen-bond donors (Lipinski definition) is 1. The number of thiophene rings is 1. The van der Waals surface area contributed by atoms with E-state index in [4.69, 9.17) is 0 Å². The molecule has 78 valence electrons. The van der Waals surface area contributed by atoms with Crippen molar-refractivity contribution in [2.45, 2.75) is 39.0 Å². The minimum atomic E-state index is 0.772. The fourth-order valence-corrected chi connectivity index (χ4v) is 3.85. The Morgan fingerprint density at radius 1 is 1.43 bits per heavy atom. The Bertz CT molecular complexity index is 327. The van der Waals surface area contributed by atoms with E-state index in [0.29, 0.717) is 0 Å². The van der Waals surface area contributed by atoms with Crippen molar-refractivity contribution in [3.63, 3.8) is 0 Å². The standard InChI is InChI=1S/C12H19NS/c1-8-9(2)14-11-6-4-5-10(7-13-3)12(8)11/h10,13H,4-7H2,1-3H3. The Morgan fingerprint density at radius 3 is 2.93 bits per heavy atom. The fourth-order valence-electron chi connectivity index (χ4n) is 2.54. The fraction of sp³-hybridized carbons (Fsp3) is 0.667. The zero-order valence-electron chi connectivity index (χ0n) is 9.31. The van der Waals surface area contributed by atoms with E-state index in [2.05, 4.69) is 26.2 Å². The number of aryl methyl sites for hydroxylation is 2. The smallest absolute Gasteiger partial charge is 0.00861 e. The molecule has 1 aromatic heterocycles. The van der Waals surface area contributed by atoms with Crippen molar-refractivity contribution in [3.05, 3.63) is 20.9 Å². The van der Waals surface area contributed by atoms with E-state index in [-0.39, 0.29) is 0 Å². The second kappa shape index (κ2) is 4.03. The van der Waals surface area contributed by atoms with E-state index in [0.717, 1.165) is 12.5 Å². The molecule has 0 saturated carbocycles. The van der Waals surface area contributed by atoms with E-state index in [1.165, 1.54) is 24.1 Å². The van der Waals surface area contributed by atoms with Crippen LogP contribution in [0.3, 0.4) is 0 Å². The van der Waals surface area contributed by atoms with Gasteiger partial charge in [-0.25, -0.2) is 0 Å². The van der Waals surface area contributed by atoms with E-state index in [9.17, 15) is 0 Å². The molecule has 0 aromatic carbocycles. The highest BCUT2D eigenvalue weighted by Crippen LogP contribution is 2.39.